The predicted octanol–water partition coefficient (Wildman–Crippen LogP) is 2.20. The number of sulfonamides is 1. The maximum atomic E-state index is 14.5. The van der Waals surface area contributed by atoms with Crippen molar-refractivity contribution < 1.29 is 21.6 Å². The summed E-state index contributed by atoms with van der Waals surface area (Å²) in [7, 11) is -3.81. The van der Waals surface area contributed by atoms with Crippen LogP contribution in [-0.4, -0.2) is 29.3 Å². The van der Waals surface area contributed by atoms with Gasteiger partial charge in [-0.1, -0.05) is 11.6 Å². The Hall–Kier alpha value is -2.01. The van der Waals surface area contributed by atoms with Gasteiger partial charge in [0.1, 0.15) is 11.5 Å². The third kappa shape index (κ3) is 2.53. The van der Waals surface area contributed by atoms with E-state index in [0.717, 1.165) is 17.3 Å². The topological polar surface area (TPSA) is 77.2 Å². The van der Waals surface area contributed by atoms with E-state index in [4.69, 9.17) is 11.6 Å². The molecular formula is C13H12ClF3N4O3S. The molecule has 0 saturated carbocycles. The molecule has 3 rings (SSSR count). The van der Waals surface area contributed by atoms with Gasteiger partial charge in [0, 0.05) is 12.1 Å². The van der Waals surface area contributed by atoms with Crippen LogP contribution in [0, 0.1) is 12.7 Å². The van der Waals surface area contributed by atoms with Crippen LogP contribution in [0.3, 0.4) is 0 Å². The van der Waals surface area contributed by atoms with E-state index in [0.29, 0.717) is 4.68 Å². The predicted molar refractivity (Wildman–Crippen MR) is 84.4 cm³/mol. The normalized spacial score (nSPS) is 15.9. The summed E-state index contributed by atoms with van der Waals surface area (Å²) in [6.07, 6.45) is 0. The molecule has 0 N–H and O–H groups in total. The molecule has 0 atom stereocenters. The molecule has 0 unspecified atom stereocenters. The third-order valence-corrected chi connectivity index (χ3v) is 5.92. The number of hydrogen-bond acceptors (Lipinski definition) is 4. The van der Waals surface area contributed by atoms with Crippen molar-refractivity contribution in [2.24, 2.45) is 0 Å². The Morgan fingerprint density at radius 1 is 1.36 bits per heavy atom. The molecule has 1 aromatic carbocycles. The zero-order chi connectivity index (χ0) is 18.7. The van der Waals surface area contributed by atoms with E-state index in [9.17, 15) is 26.4 Å². The van der Waals surface area contributed by atoms with E-state index in [2.05, 4.69) is 5.10 Å². The number of nitrogens with zero attached hydrogens (tertiary/aromatic N) is 4. The van der Waals surface area contributed by atoms with Crippen molar-refractivity contribution >= 4 is 27.3 Å². The Balaban J connectivity index is 2.37. The van der Waals surface area contributed by atoms with E-state index in [1.165, 1.54) is 0 Å². The number of benzene rings is 1. The van der Waals surface area contributed by atoms with Crippen LogP contribution in [0.2, 0.25) is 5.02 Å². The molecule has 25 heavy (non-hydrogen) atoms. The van der Waals surface area contributed by atoms with Crippen molar-refractivity contribution in [1.82, 2.24) is 14.3 Å². The van der Waals surface area contributed by atoms with Crippen LogP contribution < -0.4 is 9.99 Å². The first-order valence-corrected chi connectivity index (χ1v) is 9.06. The Labute approximate surface area is 145 Å². The molecule has 0 saturated heterocycles. The highest BCUT2D eigenvalue weighted by molar-refractivity contribution is 7.92. The van der Waals surface area contributed by atoms with Gasteiger partial charge in [-0.25, -0.2) is 22.2 Å². The van der Waals surface area contributed by atoms with Crippen molar-refractivity contribution in [2.45, 2.75) is 26.1 Å². The molecule has 1 aliphatic heterocycles. The first kappa shape index (κ1) is 17.8. The summed E-state index contributed by atoms with van der Waals surface area (Å²) in [6.45, 7) is -0.402. The molecule has 0 radical (unpaired) electrons. The molecule has 7 nitrogen and oxygen atoms in total. The van der Waals surface area contributed by atoms with Crippen LogP contribution in [0.4, 0.5) is 18.9 Å². The lowest BCUT2D eigenvalue weighted by molar-refractivity contribution is 0.0640. The number of fused-ring (bicyclic) bond motifs is 1. The third-order valence-electron chi connectivity index (χ3n) is 3.86. The monoisotopic (exact) mass is 396 g/mol. The summed E-state index contributed by atoms with van der Waals surface area (Å²) in [6, 6.07) is 0.836. The van der Waals surface area contributed by atoms with Crippen LogP contribution >= 0.6 is 11.6 Å². The molecule has 2 heterocycles. The number of rotatable bonds is 3. The fourth-order valence-corrected chi connectivity index (χ4v) is 4.92. The van der Waals surface area contributed by atoms with Crippen molar-refractivity contribution in [3.8, 4) is 5.69 Å². The minimum absolute atomic E-state index is 0.0247. The Morgan fingerprint density at radius 2 is 2.00 bits per heavy atom. The van der Waals surface area contributed by atoms with Crippen LogP contribution in [0.1, 0.15) is 24.9 Å². The average Bonchev–Trinajstić information content (AvgIpc) is 2.92. The summed E-state index contributed by atoms with van der Waals surface area (Å²) in [5.41, 5.74) is -1.83. The highest BCUT2D eigenvalue weighted by Crippen LogP contribution is 2.43. The Morgan fingerprint density at radius 3 is 2.52 bits per heavy atom. The lowest BCUT2D eigenvalue weighted by Crippen LogP contribution is -2.26. The molecule has 2 aromatic rings. The van der Waals surface area contributed by atoms with Crippen LogP contribution in [0.25, 0.3) is 5.69 Å². The largest absolute Gasteiger partial charge is 0.355 e. The highest BCUT2D eigenvalue weighted by atomic mass is 35.5. The fourth-order valence-electron chi connectivity index (χ4n) is 2.88. The SMILES string of the molecule is CCN1c2c(Cl)cc(F)c(-n3nc(C)n(C(F)F)c3=O)c2CS1(=O)=O. The van der Waals surface area contributed by atoms with Gasteiger partial charge in [0.15, 0.2) is 5.82 Å². The van der Waals surface area contributed by atoms with Crippen molar-refractivity contribution in [3.05, 3.63) is 38.8 Å². The van der Waals surface area contributed by atoms with E-state index in [1.54, 1.807) is 6.92 Å². The summed E-state index contributed by atoms with van der Waals surface area (Å²) in [4.78, 5) is 12.2. The molecule has 0 amide bonds. The number of hydrogen-bond donors (Lipinski definition) is 0. The summed E-state index contributed by atoms with van der Waals surface area (Å²) in [5, 5.41) is 3.50. The second-order valence-electron chi connectivity index (χ2n) is 5.33. The van der Waals surface area contributed by atoms with Crippen molar-refractivity contribution in [3.63, 3.8) is 0 Å². The summed E-state index contributed by atoms with van der Waals surface area (Å²) < 4.78 is 66.5. The van der Waals surface area contributed by atoms with Crippen molar-refractivity contribution in [2.75, 3.05) is 10.8 Å². The van der Waals surface area contributed by atoms with E-state index in [1.807, 2.05) is 0 Å². The number of alkyl halides is 2. The molecular weight excluding hydrogens is 385 g/mol. The van der Waals surface area contributed by atoms with Crippen LogP contribution in [0.5, 0.6) is 0 Å². The minimum Gasteiger partial charge on any atom is -0.268 e. The van der Waals surface area contributed by atoms with Crippen LogP contribution in [-0.2, 0) is 15.8 Å². The first-order chi connectivity index (χ1) is 11.6. The molecule has 0 bridgehead atoms. The zero-order valence-corrected chi connectivity index (χ0v) is 14.6. The van der Waals surface area contributed by atoms with Gasteiger partial charge in [-0.2, -0.15) is 13.5 Å². The van der Waals surface area contributed by atoms with Gasteiger partial charge < -0.3 is 0 Å². The van der Waals surface area contributed by atoms with Gasteiger partial charge in [0.2, 0.25) is 10.0 Å². The molecule has 1 aromatic heterocycles. The Kier molecular flexibility index (Phi) is 4.11. The lowest BCUT2D eigenvalue weighted by Gasteiger charge is -2.17. The quantitative estimate of drug-likeness (QED) is 0.797. The smallest absolute Gasteiger partial charge is 0.268 e. The fraction of sp³-hybridized carbons (Fsp3) is 0.385. The molecule has 0 fully saturated rings. The average molecular weight is 397 g/mol. The first-order valence-electron chi connectivity index (χ1n) is 7.08. The van der Waals surface area contributed by atoms with Gasteiger partial charge in [-0.15, -0.1) is 5.10 Å². The number of aromatic nitrogens is 3. The molecule has 1 aliphatic rings. The number of aryl methyl sites for hydroxylation is 1. The van der Waals surface area contributed by atoms with Crippen LogP contribution in [0.15, 0.2) is 10.9 Å². The maximum absolute atomic E-state index is 14.5. The van der Waals surface area contributed by atoms with E-state index < -0.39 is 39.5 Å². The molecule has 0 aliphatic carbocycles. The van der Waals surface area contributed by atoms with Gasteiger partial charge in [0.25, 0.3) is 0 Å². The summed E-state index contributed by atoms with van der Waals surface area (Å²) in [5.74, 6) is -1.98. The van der Waals surface area contributed by atoms with Gasteiger partial charge in [-0.3, -0.25) is 4.31 Å². The van der Waals surface area contributed by atoms with Gasteiger partial charge in [0.05, 0.1) is 16.5 Å². The standard InChI is InChI=1S/C13H12ClF3N4O3S/c1-3-19-10-7(5-25(19,23)24)11(9(15)4-8(10)14)21-13(22)20(12(16)17)6(2)18-21/h4,12H,3,5H2,1-2H3. The lowest BCUT2D eigenvalue weighted by atomic mass is 10.1. The highest BCUT2D eigenvalue weighted by Gasteiger charge is 2.38. The maximum Gasteiger partial charge on any atom is 0.355 e. The van der Waals surface area contributed by atoms with E-state index in [-0.39, 0.29) is 33.2 Å². The van der Waals surface area contributed by atoms with Crippen molar-refractivity contribution in [1.29, 1.82) is 0 Å². The summed E-state index contributed by atoms with van der Waals surface area (Å²) >= 11 is 5.98. The second-order valence-corrected chi connectivity index (χ2v) is 7.63. The van der Waals surface area contributed by atoms with E-state index >= 15 is 0 Å². The molecule has 136 valence electrons. The Bertz CT molecular complexity index is 1030. The zero-order valence-electron chi connectivity index (χ0n) is 13.0. The number of halogens is 4. The second kappa shape index (κ2) is 5.77. The van der Waals surface area contributed by atoms with Gasteiger partial charge in [-0.05, 0) is 19.9 Å². The molecule has 0 spiro atoms. The molecule has 12 heteroatoms. The van der Waals surface area contributed by atoms with Gasteiger partial charge >= 0.3 is 12.2 Å². The number of anilines is 1. The minimum atomic E-state index is -3.81.